The number of phenolic OH excluding ortho intramolecular Hbond substituents is 1. The van der Waals surface area contributed by atoms with E-state index < -0.39 is 0 Å². The fourth-order valence-electron chi connectivity index (χ4n) is 2.78. The number of nitrogens with zero attached hydrogens (tertiary/aromatic N) is 3. The molecule has 134 valence electrons. The highest BCUT2D eigenvalue weighted by atomic mass is 79.9. The Kier molecular flexibility index (Phi) is 4.63. The van der Waals surface area contributed by atoms with E-state index in [1.165, 1.54) is 16.0 Å². The third kappa shape index (κ3) is 3.31. The summed E-state index contributed by atoms with van der Waals surface area (Å²) >= 11 is 4.73. The molecule has 0 aliphatic heterocycles. The van der Waals surface area contributed by atoms with Gasteiger partial charge >= 0.3 is 0 Å². The van der Waals surface area contributed by atoms with Crippen LogP contribution >= 0.6 is 27.3 Å². The zero-order valence-corrected chi connectivity index (χ0v) is 16.7. The van der Waals surface area contributed by atoms with Gasteiger partial charge in [-0.2, -0.15) is 9.78 Å². The average Bonchev–Trinajstić information content (AvgIpc) is 3.09. The molecule has 5 nitrogen and oxygen atoms in total. The average molecular weight is 440 g/mol. The first-order valence-corrected chi connectivity index (χ1v) is 9.81. The number of aryl methyl sites for hydroxylation is 1. The molecule has 0 saturated carbocycles. The molecule has 0 fully saturated rings. The maximum atomic E-state index is 13.1. The third-order valence-corrected chi connectivity index (χ3v) is 5.63. The summed E-state index contributed by atoms with van der Waals surface area (Å²) in [5, 5.41) is 16.5. The Labute approximate surface area is 167 Å². The Morgan fingerprint density at radius 1 is 1.22 bits per heavy atom. The highest BCUT2D eigenvalue weighted by Crippen LogP contribution is 2.30. The van der Waals surface area contributed by atoms with Crippen LogP contribution in [0.25, 0.3) is 21.3 Å². The molecule has 0 aliphatic rings. The molecular formula is C20H14BrN3O2S. The standard InChI is InChI=1S/C20H14BrN3O2S/c1-12-23-19-18(15(11-27-19)14-5-3-2-4-6-14)20(26)24(12)22-10-13-7-8-17(25)16(21)9-13/h2-11,25H,1H3/b22-10+. The van der Waals surface area contributed by atoms with Crippen molar-refractivity contribution in [1.29, 1.82) is 0 Å². The van der Waals surface area contributed by atoms with Crippen LogP contribution in [-0.4, -0.2) is 21.0 Å². The maximum Gasteiger partial charge on any atom is 0.283 e. The number of rotatable bonds is 3. The number of halogens is 1. The van der Waals surface area contributed by atoms with E-state index in [2.05, 4.69) is 26.0 Å². The van der Waals surface area contributed by atoms with Gasteiger partial charge in [0.2, 0.25) is 0 Å². The van der Waals surface area contributed by atoms with Crippen molar-refractivity contribution in [1.82, 2.24) is 9.66 Å². The van der Waals surface area contributed by atoms with Crippen LogP contribution < -0.4 is 5.56 Å². The van der Waals surface area contributed by atoms with E-state index in [9.17, 15) is 9.90 Å². The van der Waals surface area contributed by atoms with Crippen LogP contribution in [0.1, 0.15) is 11.4 Å². The van der Waals surface area contributed by atoms with E-state index >= 15 is 0 Å². The molecule has 0 bridgehead atoms. The minimum absolute atomic E-state index is 0.148. The van der Waals surface area contributed by atoms with Crippen molar-refractivity contribution in [3.8, 4) is 16.9 Å². The molecule has 2 heterocycles. The zero-order chi connectivity index (χ0) is 19.0. The predicted octanol–water partition coefficient (Wildman–Crippen LogP) is 4.78. The highest BCUT2D eigenvalue weighted by molar-refractivity contribution is 9.10. The summed E-state index contributed by atoms with van der Waals surface area (Å²) in [5.74, 6) is 0.664. The van der Waals surface area contributed by atoms with Crippen molar-refractivity contribution in [2.75, 3.05) is 0 Å². The van der Waals surface area contributed by atoms with Gasteiger partial charge in [-0.3, -0.25) is 4.79 Å². The summed E-state index contributed by atoms with van der Waals surface area (Å²) in [4.78, 5) is 18.4. The first-order valence-electron chi connectivity index (χ1n) is 8.14. The fourth-order valence-corrected chi connectivity index (χ4v) is 4.16. The SMILES string of the molecule is Cc1nc2scc(-c3ccccc3)c2c(=O)n1/N=C/c1ccc(O)c(Br)c1. The Hall–Kier alpha value is -2.77. The molecule has 0 radical (unpaired) electrons. The van der Waals surface area contributed by atoms with Gasteiger partial charge in [-0.1, -0.05) is 30.3 Å². The number of benzene rings is 2. The van der Waals surface area contributed by atoms with Gasteiger partial charge in [-0.15, -0.1) is 11.3 Å². The molecule has 0 spiro atoms. The smallest absolute Gasteiger partial charge is 0.283 e. The van der Waals surface area contributed by atoms with Gasteiger partial charge in [0.05, 0.1) is 16.1 Å². The minimum Gasteiger partial charge on any atom is -0.507 e. The lowest BCUT2D eigenvalue weighted by molar-refractivity contribution is 0.472. The third-order valence-electron chi connectivity index (χ3n) is 4.13. The van der Waals surface area contributed by atoms with Crippen LogP contribution in [0.4, 0.5) is 0 Å². The second-order valence-corrected chi connectivity index (χ2v) is 7.64. The number of aromatic nitrogens is 2. The molecule has 2 aromatic carbocycles. The second-order valence-electron chi connectivity index (χ2n) is 5.93. The maximum absolute atomic E-state index is 13.1. The summed E-state index contributed by atoms with van der Waals surface area (Å²) in [6.45, 7) is 1.76. The summed E-state index contributed by atoms with van der Waals surface area (Å²) in [6.07, 6.45) is 1.57. The van der Waals surface area contributed by atoms with Gasteiger partial charge in [0.1, 0.15) is 16.4 Å². The van der Waals surface area contributed by atoms with E-state index in [1.54, 1.807) is 31.3 Å². The van der Waals surface area contributed by atoms with Gasteiger partial charge in [-0.05, 0) is 52.2 Å². The number of aromatic hydroxyl groups is 1. The molecule has 0 unspecified atom stereocenters. The van der Waals surface area contributed by atoms with E-state index in [-0.39, 0.29) is 11.3 Å². The predicted molar refractivity (Wildman–Crippen MR) is 113 cm³/mol. The van der Waals surface area contributed by atoms with Crippen molar-refractivity contribution >= 4 is 43.7 Å². The van der Waals surface area contributed by atoms with E-state index in [1.807, 2.05) is 35.7 Å². The van der Waals surface area contributed by atoms with Gasteiger partial charge in [0.25, 0.3) is 5.56 Å². The van der Waals surface area contributed by atoms with Crippen molar-refractivity contribution in [2.45, 2.75) is 6.92 Å². The van der Waals surface area contributed by atoms with Crippen LogP contribution in [0.15, 0.2) is 68.3 Å². The van der Waals surface area contributed by atoms with E-state index in [4.69, 9.17) is 0 Å². The van der Waals surface area contributed by atoms with Crippen LogP contribution in [0.2, 0.25) is 0 Å². The number of hydrogen-bond donors (Lipinski definition) is 1. The summed E-state index contributed by atoms with van der Waals surface area (Å²) in [5.41, 5.74) is 2.39. The van der Waals surface area contributed by atoms with Gasteiger partial charge in [0, 0.05) is 10.9 Å². The molecule has 7 heteroatoms. The van der Waals surface area contributed by atoms with Crippen LogP contribution in [0.3, 0.4) is 0 Å². The Morgan fingerprint density at radius 3 is 2.74 bits per heavy atom. The first-order chi connectivity index (χ1) is 13.0. The largest absolute Gasteiger partial charge is 0.507 e. The lowest BCUT2D eigenvalue weighted by Gasteiger charge is -2.05. The second kappa shape index (κ2) is 7.09. The van der Waals surface area contributed by atoms with Crippen molar-refractivity contribution in [3.63, 3.8) is 0 Å². The van der Waals surface area contributed by atoms with E-state index in [0.29, 0.717) is 20.5 Å². The molecular weight excluding hydrogens is 426 g/mol. The number of hydrogen-bond acceptors (Lipinski definition) is 5. The van der Waals surface area contributed by atoms with Gasteiger partial charge in [-0.25, -0.2) is 4.98 Å². The number of thiophene rings is 1. The monoisotopic (exact) mass is 439 g/mol. The Morgan fingerprint density at radius 2 is 2.00 bits per heavy atom. The van der Waals surface area contributed by atoms with Crippen molar-refractivity contribution < 1.29 is 5.11 Å². The lowest BCUT2D eigenvalue weighted by atomic mass is 10.1. The summed E-state index contributed by atoms with van der Waals surface area (Å²) < 4.78 is 1.87. The molecule has 27 heavy (non-hydrogen) atoms. The number of phenols is 1. The normalized spacial score (nSPS) is 11.5. The Bertz CT molecular complexity index is 1230. The highest BCUT2D eigenvalue weighted by Gasteiger charge is 2.15. The van der Waals surface area contributed by atoms with Crippen LogP contribution in [0.5, 0.6) is 5.75 Å². The van der Waals surface area contributed by atoms with Crippen molar-refractivity contribution in [3.05, 3.63) is 80.1 Å². The van der Waals surface area contributed by atoms with E-state index in [0.717, 1.165) is 16.7 Å². The molecule has 0 aliphatic carbocycles. The molecule has 1 N–H and O–H groups in total. The van der Waals surface area contributed by atoms with Gasteiger partial charge in [0.15, 0.2) is 0 Å². The quantitative estimate of drug-likeness (QED) is 0.466. The van der Waals surface area contributed by atoms with Crippen LogP contribution in [-0.2, 0) is 0 Å². The summed E-state index contributed by atoms with van der Waals surface area (Å²) in [7, 11) is 0. The first kappa shape index (κ1) is 17.6. The van der Waals surface area contributed by atoms with Crippen LogP contribution in [0, 0.1) is 6.92 Å². The number of fused-ring (bicyclic) bond motifs is 1. The summed E-state index contributed by atoms with van der Waals surface area (Å²) in [6, 6.07) is 14.8. The zero-order valence-electron chi connectivity index (χ0n) is 14.3. The molecule has 0 amide bonds. The molecule has 4 rings (SSSR count). The lowest BCUT2D eigenvalue weighted by Crippen LogP contribution is -2.20. The molecule has 2 aromatic heterocycles. The topological polar surface area (TPSA) is 67.5 Å². The Balaban J connectivity index is 1.85. The van der Waals surface area contributed by atoms with Crippen molar-refractivity contribution in [2.24, 2.45) is 5.10 Å². The molecule has 0 saturated heterocycles. The molecule has 0 atom stereocenters. The van der Waals surface area contributed by atoms with Gasteiger partial charge < -0.3 is 5.11 Å². The molecule has 4 aromatic rings. The fraction of sp³-hybridized carbons (Fsp3) is 0.0500. The minimum atomic E-state index is -0.202.